The van der Waals surface area contributed by atoms with Gasteiger partial charge >= 0.3 is 6.18 Å². The average molecular weight is 449 g/mol. The molecule has 1 heterocycles. The lowest BCUT2D eigenvalue weighted by atomic mass is 9.89. The first-order chi connectivity index (χ1) is 14.9. The summed E-state index contributed by atoms with van der Waals surface area (Å²) in [7, 11) is 0. The molecule has 1 amide bonds. The lowest BCUT2D eigenvalue weighted by Crippen LogP contribution is -2.32. The van der Waals surface area contributed by atoms with Crippen LogP contribution in [0.15, 0.2) is 47.6 Å². The first-order valence-corrected chi connectivity index (χ1v) is 11.9. The van der Waals surface area contributed by atoms with Crippen LogP contribution in [0, 0.1) is 17.8 Å². The van der Waals surface area contributed by atoms with Crippen LogP contribution in [0.5, 0.6) is 0 Å². The van der Waals surface area contributed by atoms with Gasteiger partial charge in [-0.2, -0.15) is 13.2 Å². The van der Waals surface area contributed by atoms with Crippen molar-refractivity contribution in [2.75, 3.05) is 12.3 Å². The maximum absolute atomic E-state index is 12.7. The molecule has 0 spiro atoms. The maximum atomic E-state index is 12.7. The molecule has 3 atom stereocenters. The van der Waals surface area contributed by atoms with Crippen LogP contribution in [0.2, 0.25) is 0 Å². The predicted molar refractivity (Wildman–Crippen MR) is 116 cm³/mol. The van der Waals surface area contributed by atoms with E-state index in [0.29, 0.717) is 22.9 Å². The molecule has 2 bridgehead atoms. The normalized spacial score (nSPS) is 22.6. The van der Waals surface area contributed by atoms with Gasteiger partial charge in [-0.3, -0.25) is 4.79 Å². The molecular formula is C24H27F3N2OS. The molecule has 1 N–H and O–H groups in total. The van der Waals surface area contributed by atoms with Crippen LogP contribution in [-0.4, -0.2) is 23.2 Å². The first kappa shape index (κ1) is 22.2. The van der Waals surface area contributed by atoms with Gasteiger partial charge in [0, 0.05) is 12.7 Å². The molecule has 1 aromatic carbocycles. The molecule has 2 saturated carbocycles. The third kappa shape index (κ3) is 5.62. The third-order valence-electron chi connectivity index (χ3n) is 6.55. The van der Waals surface area contributed by atoms with Crippen LogP contribution in [0.25, 0.3) is 0 Å². The van der Waals surface area contributed by atoms with Crippen LogP contribution < -0.4 is 5.32 Å². The summed E-state index contributed by atoms with van der Waals surface area (Å²) >= 11 is 1.52. The number of hydrogen-bond acceptors (Lipinski definition) is 3. The van der Waals surface area contributed by atoms with E-state index in [1.54, 1.807) is 18.3 Å². The Hall–Kier alpha value is -2.02. The monoisotopic (exact) mass is 448 g/mol. The molecule has 4 rings (SSSR count). The van der Waals surface area contributed by atoms with Crippen LogP contribution in [-0.2, 0) is 12.6 Å². The van der Waals surface area contributed by atoms with Crippen molar-refractivity contribution in [1.29, 1.82) is 0 Å². The Labute approximate surface area is 185 Å². The third-order valence-corrected chi connectivity index (χ3v) is 7.65. The van der Waals surface area contributed by atoms with Gasteiger partial charge < -0.3 is 5.32 Å². The summed E-state index contributed by atoms with van der Waals surface area (Å²) in [6.07, 6.45) is 4.08. The van der Waals surface area contributed by atoms with Crippen molar-refractivity contribution in [3.8, 4) is 0 Å². The van der Waals surface area contributed by atoms with E-state index in [1.165, 1.54) is 49.6 Å². The quantitative estimate of drug-likeness (QED) is 0.398. The number of halogens is 3. The fraction of sp³-hybridized carbons (Fsp3) is 0.500. The summed E-state index contributed by atoms with van der Waals surface area (Å²) in [6.45, 7) is 0.743. The number of hydrogen-bond donors (Lipinski definition) is 1. The van der Waals surface area contributed by atoms with E-state index >= 15 is 0 Å². The first-order valence-electron chi connectivity index (χ1n) is 10.9. The molecular weight excluding hydrogens is 421 g/mol. The second kappa shape index (κ2) is 9.63. The van der Waals surface area contributed by atoms with E-state index in [2.05, 4.69) is 10.3 Å². The summed E-state index contributed by atoms with van der Waals surface area (Å²) in [4.78, 5) is 17.1. The zero-order chi connectivity index (χ0) is 21.8. The molecule has 3 unspecified atom stereocenters. The van der Waals surface area contributed by atoms with Crippen molar-refractivity contribution in [2.24, 2.45) is 17.8 Å². The van der Waals surface area contributed by atoms with E-state index in [-0.39, 0.29) is 5.91 Å². The molecule has 166 valence electrons. The highest BCUT2D eigenvalue weighted by molar-refractivity contribution is 7.99. The number of aryl methyl sites for hydroxylation is 1. The number of pyridine rings is 1. The van der Waals surface area contributed by atoms with Gasteiger partial charge in [0.1, 0.15) is 5.03 Å². The van der Waals surface area contributed by atoms with Crippen molar-refractivity contribution in [1.82, 2.24) is 10.3 Å². The minimum absolute atomic E-state index is 0.0684. The molecule has 3 nitrogen and oxygen atoms in total. The van der Waals surface area contributed by atoms with Gasteiger partial charge in [-0.25, -0.2) is 4.98 Å². The van der Waals surface area contributed by atoms with E-state index in [1.807, 2.05) is 0 Å². The SMILES string of the molecule is O=C(NCC1CC2CCC1C2)c1cccnc1SCCCc1ccc(C(F)(F)F)cc1. The van der Waals surface area contributed by atoms with Crippen molar-refractivity contribution in [2.45, 2.75) is 49.7 Å². The summed E-state index contributed by atoms with van der Waals surface area (Å²) in [5.74, 6) is 2.92. The average Bonchev–Trinajstić information content (AvgIpc) is 3.38. The van der Waals surface area contributed by atoms with Gasteiger partial charge in [-0.1, -0.05) is 18.6 Å². The Morgan fingerprint density at radius 3 is 2.61 bits per heavy atom. The molecule has 0 radical (unpaired) electrons. The number of amides is 1. The zero-order valence-corrected chi connectivity index (χ0v) is 18.1. The number of carbonyl (C=O) groups is 1. The van der Waals surface area contributed by atoms with Gasteiger partial charge in [-0.15, -0.1) is 11.8 Å². The van der Waals surface area contributed by atoms with Crippen LogP contribution in [0.3, 0.4) is 0 Å². The molecule has 2 fully saturated rings. The Kier molecular flexibility index (Phi) is 6.89. The van der Waals surface area contributed by atoms with Crippen molar-refractivity contribution in [3.05, 3.63) is 59.3 Å². The summed E-state index contributed by atoms with van der Waals surface area (Å²) in [5.41, 5.74) is 0.851. The Bertz CT molecular complexity index is 900. The summed E-state index contributed by atoms with van der Waals surface area (Å²) < 4.78 is 38.0. The van der Waals surface area contributed by atoms with Gasteiger partial charge in [0.05, 0.1) is 11.1 Å². The predicted octanol–water partition coefficient (Wildman–Crippen LogP) is 5.99. The molecule has 31 heavy (non-hydrogen) atoms. The van der Waals surface area contributed by atoms with Crippen molar-refractivity contribution >= 4 is 17.7 Å². The topological polar surface area (TPSA) is 42.0 Å². The number of thioether (sulfide) groups is 1. The molecule has 1 aromatic heterocycles. The molecule has 2 aliphatic carbocycles. The highest BCUT2D eigenvalue weighted by Gasteiger charge is 2.39. The zero-order valence-electron chi connectivity index (χ0n) is 17.3. The fourth-order valence-corrected chi connectivity index (χ4v) is 5.86. The van der Waals surface area contributed by atoms with Crippen LogP contribution in [0.4, 0.5) is 13.2 Å². The number of carbonyl (C=O) groups excluding carboxylic acids is 1. The van der Waals surface area contributed by atoms with Gasteiger partial charge in [0.25, 0.3) is 5.91 Å². The number of fused-ring (bicyclic) bond motifs is 2. The van der Waals surface area contributed by atoms with Crippen molar-refractivity contribution in [3.63, 3.8) is 0 Å². The number of aromatic nitrogens is 1. The largest absolute Gasteiger partial charge is 0.416 e. The number of alkyl halides is 3. The standard InChI is InChI=1S/C24H27F3N2OS/c25-24(26,27)20-9-6-16(7-10-20)3-2-12-31-23-21(4-1-11-28-23)22(30)29-15-19-14-17-5-8-18(19)13-17/h1,4,6-7,9-11,17-19H,2-3,5,8,12-15H2,(H,29,30). The highest BCUT2D eigenvalue weighted by atomic mass is 32.2. The Balaban J connectivity index is 1.25. The van der Waals surface area contributed by atoms with E-state index in [0.717, 1.165) is 48.3 Å². The summed E-state index contributed by atoms with van der Waals surface area (Å²) in [5, 5.41) is 3.82. The second-order valence-electron chi connectivity index (χ2n) is 8.65. The molecule has 2 aliphatic rings. The molecule has 0 saturated heterocycles. The van der Waals surface area contributed by atoms with Gasteiger partial charge in [-0.05, 0) is 85.4 Å². The molecule has 7 heteroatoms. The molecule has 2 aromatic rings. The van der Waals surface area contributed by atoms with Gasteiger partial charge in [0.15, 0.2) is 0 Å². The minimum Gasteiger partial charge on any atom is -0.352 e. The van der Waals surface area contributed by atoms with Crippen LogP contribution in [0.1, 0.15) is 53.6 Å². The Morgan fingerprint density at radius 2 is 1.94 bits per heavy atom. The lowest BCUT2D eigenvalue weighted by Gasteiger charge is -2.22. The van der Waals surface area contributed by atoms with E-state index in [4.69, 9.17) is 0 Å². The second-order valence-corrected chi connectivity index (χ2v) is 9.73. The summed E-state index contributed by atoms with van der Waals surface area (Å²) in [6, 6.07) is 8.89. The molecule has 0 aliphatic heterocycles. The van der Waals surface area contributed by atoms with E-state index < -0.39 is 11.7 Å². The van der Waals surface area contributed by atoms with E-state index in [9.17, 15) is 18.0 Å². The maximum Gasteiger partial charge on any atom is 0.416 e. The van der Waals surface area contributed by atoms with Gasteiger partial charge in [0.2, 0.25) is 0 Å². The highest BCUT2D eigenvalue weighted by Crippen LogP contribution is 2.48. The van der Waals surface area contributed by atoms with Crippen molar-refractivity contribution < 1.29 is 18.0 Å². The lowest BCUT2D eigenvalue weighted by molar-refractivity contribution is -0.137. The number of nitrogens with one attached hydrogen (secondary N) is 1. The fourth-order valence-electron chi connectivity index (χ4n) is 4.93. The smallest absolute Gasteiger partial charge is 0.352 e. The number of nitrogens with zero attached hydrogens (tertiary/aromatic N) is 1. The Morgan fingerprint density at radius 1 is 1.13 bits per heavy atom. The number of benzene rings is 1. The van der Waals surface area contributed by atoms with Crippen LogP contribution >= 0.6 is 11.8 Å². The number of rotatable bonds is 8. The minimum atomic E-state index is -4.30.